The highest BCUT2D eigenvalue weighted by atomic mass is 35.5. The molecule has 260 valence electrons. The number of ether oxygens (including phenoxy) is 2. The maximum absolute atomic E-state index is 13.0. The Bertz CT molecular complexity index is 1730. The van der Waals surface area contributed by atoms with Crippen LogP contribution >= 0.6 is 31.1 Å². The highest BCUT2D eigenvalue weighted by Crippen LogP contribution is 2.45. The molecule has 0 aromatic heterocycles. The van der Waals surface area contributed by atoms with Crippen molar-refractivity contribution in [1.82, 2.24) is 5.09 Å². The SMILES string of the molecule is CC(C)C(C(=O)OC(C#N)c1cccc(Oc2ccccc2)c1)c1ccc(Cl)cc1.CCOP(=O)(NC(C)C)Oc1ccc(SC)c(C)c1. The fourth-order valence-corrected chi connectivity index (χ4v) is 7.06. The second-order valence-electron chi connectivity index (χ2n) is 11.6. The van der Waals surface area contributed by atoms with Crippen molar-refractivity contribution in [3.63, 3.8) is 0 Å². The molecule has 0 fully saturated rings. The molecule has 0 saturated heterocycles. The zero-order valence-electron chi connectivity index (χ0n) is 28.9. The number of rotatable bonds is 14. The molecule has 0 heterocycles. The number of hydrogen-bond acceptors (Lipinski definition) is 8. The number of nitrogens with one attached hydrogen (secondary N) is 1. The van der Waals surface area contributed by atoms with Gasteiger partial charge in [0.15, 0.2) is 0 Å². The van der Waals surface area contributed by atoms with Gasteiger partial charge in [-0.25, -0.2) is 9.65 Å². The Hall–Kier alpha value is -3.77. The van der Waals surface area contributed by atoms with Crippen LogP contribution in [0.1, 0.15) is 63.3 Å². The molecule has 49 heavy (non-hydrogen) atoms. The van der Waals surface area contributed by atoms with Crippen LogP contribution in [0, 0.1) is 24.2 Å². The van der Waals surface area contributed by atoms with Crippen molar-refractivity contribution >= 4 is 37.1 Å². The van der Waals surface area contributed by atoms with Crippen LogP contribution in [-0.4, -0.2) is 24.9 Å². The average molecular weight is 723 g/mol. The number of carbonyl (C=O) groups is 1. The molecule has 11 heteroatoms. The van der Waals surface area contributed by atoms with Crippen LogP contribution in [0.5, 0.6) is 17.2 Å². The van der Waals surface area contributed by atoms with E-state index in [0.29, 0.717) is 34.4 Å². The minimum absolute atomic E-state index is 0.00855. The molecule has 0 amide bonds. The fraction of sp³-hybridized carbons (Fsp3) is 0.316. The van der Waals surface area contributed by atoms with E-state index in [-0.39, 0.29) is 12.0 Å². The number of esters is 1. The molecule has 3 atom stereocenters. The Morgan fingerprint density at radius 1 is 0.898 bits per heavy atom. The van der Waals surface area contributed by atoms with E-state index < -0.39 is 25.7 Å². The summed E-state index contributed by atoms with van der Waals surface area (Å²) in [6, 6.07) is 31.2. The first-order valence-corrected chi connectivity index (χ1v) is 19.1. The van der Waals surface area contributed by atoms with Gasteiger partial charge >= 0.3 is 13.7 Å². The van der Waals surface area contributed by atoms with Crippen molar-refractivity contribution in [3.8, 4) is 23.3 Å². The third-order valence-electron chi connectivity index (χ3n) is 6.95. The van der Waals surface area contributed by atoms with E-state index in [1.807, 2.05) is 102 Å². The van der Waals surface area contributed by atoms with E-state index >= 15 is 0 Å². The molecule has 8 nitrogen and oxygen atoms in total. The summed E-state index contributed by atoms with van der Waals surface area (Å²) in [5, 5.41) is 13.1. The second kappa shape index (κ2) is 19.4. The molecule has 0 spiro atoms. The smallest absolute Gasteiger partial charge is 0.457 e. The van der Waals surface area contributed by atoms with Gasteiger partial charge in [0, 0.05) is 21.5 Å². The number of halogens is 1. The Morgan fingerprint density at radius 3 is 2.14 bits per heavy atom. The van der Waals surface area contributed by atoms with E-state index in [9.17, 15) is 14.6 Å². The van der Waals surface area contributed by atoms with Crippen LogP contribution in [0.3, 0.4) is 0 Å². The highest BCUT2D eigenvalue weighted by molar-refractivity contribution is 7.98. The maximum atomic E-state index is 13.0. The van der Waals surface area contributed by atoms with Crippen molar-refractivity contribution in [3.05, 3.63) is 119 Å². The number of carbonyl (C=O) groups excluding carboxylic acids is 1. The standard InChI is InChI=1S/C25H22ClNO3.C13H22NO3PS/c1-17(2)24(18-11-13-20(26)14-12-18)25(28)30-23(16-27)19-7-6-10-22(15-19)29-21-8-4-3-5-9-21;1-6-16-18(15,14-10(2)3)17-12-7-8-13(19-5)11(4)9-12/h3-15,17,23-24H,1-2H3;7-10H,6H2,1-5H3,(H,14,15). The van der Waals surface area contributed by atoms with Gasteiger partial charge in [0.05, 0.1) is 12.5 Å². The first-order chi connectivity index (χ1) is 23.4. The average Bonchev–Trinajstić information content (AvgIpc) is 3.05. The van der Waals surface area contributed by atoms with E-state index in [2.05, 4.69) is 11.2 Å². The molecule has 0 aliphatic rings. The Kier molecular flexibility index (Phi) is 15.7. The molecule has 0 saturated carbocycles. The summed E-state index contributed by atoms with van der Waals surface area (Å²) in [7, 11) is -3.30. The summed E-state index contributed by atoms with van der Waals surface area (Å²) in [6.07, 6.45) is 0.985. The zero-order chi connectivity index (χ0) is 36.0. The predicted octanol–water partition coefficient (Wildman–Crippen LogP) is 10.9. The molecule has 0 radical (unpaired) electrons. The molecular weight excluding hydrogens is 679 g/mol. The fourth-order valence-electron chi connectivity index (χ4n) is 4.81. The van der Waals surface area contributed by atoms with Gasteiger partial charge in [-0.15, -0.1) is 11.8 Å². The van der Waals surface area contributed by atoms with Crippen LogP contribution in [0.4, 0.5) is 0 Å². The van der Waals surface area contributed by atoms with Gasteiger partial charge in [0.2, 0.25) is 6.10 Å². The van der Waals surface area contributed by atoms with Gasteiger partial charge in [0.1, 0.15) is 23.3 Å². The predicted molar refractivity (Wildman–Crippen MR) is 198 cm³/mol. The van der Waals surface area contributed by atoms with Crippen LogP contribution in [0.2, 0.25) is 5.02 Å². The van der Waals surface area contributed by atoms with Gasteiger partial charge in [0.25, 0.3) is 0 Å². The van der Waals surface area contributed by atoms with Crippen molar-refractivity contribution in [1.29, 1.82) is 5.26 Å². The van der Waals surface area contributed by atoms with Crippen molar-refractivity contribution < 1.29 is 27.9 Å². The van der Waals surface area contributed by atoms with Crippen molar-refractivity contribution in [2.75, 3.05) is 12.9 Å². The molecule has 0 aliphatic heterocycles. The Balaban J connectivity index is 0.000000295. The van der Waals surface area contributed by atoms with Crippen LogP contribution in [0.25, 0.3) is 0 Å². The summed E-state index contributed by atoms with van der Waals surface area (Å²) in [5.74, 6) is 0.844. The monoisotopic (exact) mass is 722 g/mol. The lowest BCUT2D eigenvalue weighted by atomic mass is 9.88. The lowest BCUT2D eigenvalue weighted by Gasteiger charge is -2.22. The van der Waals surface area contributed by atoms with Crippen LogP contribution in [0.15, 0.2) is 102 Å². The number of hydrogen-bond donors (Lipinski definition) is 1. The lowest BCUT2D eigenvalue weighted by Crippen LogP contribution is -2.23. The van der Waals surface area contributed by atoms with E-state index in [4.69, 9.17) is 30.1 Å². The Labute approximate surface area is 299 Å². The van der Waals surface area contributed by atoms with Gasteiger partial charge in [-0.3, -0.25) is 9.32 Å². The molecule has 4 aromatic rings. The van der Waals surface area contributed by atoms with Crippen LogP contribution in [-0.2, 0) is 18.6 Å². The van der Waals surface area contributed by atoms with Gasteiger partial charge in [-0.2, -0.15) is 5.26 Å². The lowest BCUT2D eigenvalue weighted by molar-refractivity contribution is -0.150. The van der Waals surface area contributed by atoms with Gasteiger partial charge in [-0.05, 0) is 106 Å². The summed E-state index contributed by atoms with van der Waals surface area (Å²) < 4.78 is 34.7. The first-order valence-electron chi connectivity index (χ1n) is 15.9. The third kappa shape index (κ3) is 12.6. The van der Waals surface area contributed by atoms with Crippen LogP contribution < -0.4 is 14.3 Å². The number of para-hydroxylation sites is 1. The highest BCUT2D eigenvalue weighted by Gasteiger charge is 2.29. The minimum atomic E-state index is -3.30. The largest absolute Gasteiger partial charge is 0.458 e. The van der Waals surface area contributed by atoms with E-state index in [0.717, 1.165) is 11.1 Å². The topological polar surface area (TPSA) is 107 Å². The van der Waals surface area contributed by atoms with E-state index in [1.54, 1.807) is 55.1 Å². The second-order valence-corrected chi connectivity index (χ2v) is 14.6. The summed E-state index contributed by atoms with van der Waals surface area (Å²) in [6.45, 7) is 11.8. The minimum Gasteiger partial charge on any atom is -0.457 e. The number of thioether (sulfide) groups is 1. The number of nitriles is 1. The summed E-state index contributed by atoms with van der Waals surface area (Å²) >= 11 is 7.64. The molecule has 0 bridgehead atoms. The molecule has 3 unspecified atom stereocenters. The molecule has 0 aliphatic carbocycles. The zero-order valence-corrected chi connectivity index (χ0v) is 31.4. The van der Waals surface area contributed by atoms with Gasteiger partial charge < -0.3 is 14.0 Å². The Morgan fingerprint density at radius 2 is 1.57 bits per heavy atom. The van der Waals surface area contributed by atoms with Crippen molar-refractivity contribution in [2.45, 2.75) is 64.5 Å². The quantitative estimate of drug-likeness (QED) is 0.0773. The summed E-state index contributed by atoms with van der Waals surface area (Å²) in [4.78, 5) is 14.1. The van der Waals surface area contributed by atoms with Crippen molar-refractivity contribution in [2.24, 2.45) is 5.92 Å². The number of aryl methyl sites for hydroxylation is 1. The normalized spacial score (nSPS) is 13.3. The first kappa shape index (κ1) is 39.7. The molecule has 4 aromatic carbocycles. The maximum Gasteiger partial charge on any atom is 0.458 e. The summed E-state index contributed by atoms with van der Waals surface area (Å²) in [5.41, 5.74) is 2.45. The molecular formula is C38H44ClN2O6PS. The van der Waals surface area contributed by atoms with Gasteiger partial charge in [-0.1, -0.05) is 67.9 Å². The number of benzene rings is 4. The number of nitrogens with zero attached hydrogens (tertiary/aromatic N) is 1. The molecule has 1 N–H and O–H groups in total. The third-order valence-corrected chi connectivity index (χ3v) is 9.98. The van der Waals surface area contributed by atoms with E-state index in [1.165, 1.54) is 4.90 Å². The molecule has 4 rings (SSSR count).